The van der Waals surface area contributed by atoms with Gasteiger partial charge in [-0.3, -0.25) is 0 Å². The summed E-state index contributed by atoms with van der Waals surface area (Å²) in [4.78, 5) is 25.2. The van der Waals surface area contributed by atoms with Gasteiger partial charge in [0.25, 0.3) is 0 Å². The number of fused-ring (bicyclic) bond motifs is 4. The van der Waals surface area contributed by atoms with Crippen molar-refractivity contribution in [1.82, 2.24) is 4.57 Å². The Morgan fingerprint density at radius 2 is 1.18 bits per heavy atom. The maximum atomic E-state index is 12.6. The smallest absolute Gasteiger partial charge is 0.338 e. The molecule has 33 heavy (non-hydrogen) atoms. The van der Waals surface area contributed by atoms with E-state index in [-0.39, 0.29) is 11.9 Å². The first kappa shape index (κ1) is 21.3. The highest BCUT2D eigenvalue weighted by Gasteiger charge is 2.21. The van der Waals surface area contributed by atoms with E-state index in [9.17, 15) is 9.59 Å². The van der Waals surface area contributed by atoms with E-state index in [1.807, 2.05) is 12.1 Å². The number of aryl methyl sites for hydroxylation is 5. The van der Waals surface area contributed by atoms with Crippen LogP contribution in [0.3, 0.4) is 0 Å². The predicted octanol–water partition coefficient (Wildman–Crippen LogP) is 5.27. The molecule has 0 radical (unpaired) electrons. The SMILES string of the molecule is CCn1c2ccc3cc2c2cc(ccc21)CCc1cc(C(=O)OC)c(cc1C(=O)OC)CC3. The summed E-state index contributed by atoms with van der Waals surface area (Å²) < 4.78 is 12.5. The molecule has 0 saturated carbocycles. The molecule has 6 rings (SSSR count). The molecule has 168 valence electrons. The number of aromatic nitrogens is 1. The second-order valence-corrected chi connectivity index (χ2v) is 8.60. The molecular weight excluding hydrogens is 414 g/mol. The Kier molecular flexibility index (Phi) is 5.41. The molecule has 1 aromatic heterocycles. The van der Waals surface area contributed by atoms with Crippen LogP contribution in [0.2, 0.25) is 0 Å². The summed E-state index contributed by atoms with van der Waals surface area (Å²) in [6.45, 7) is 3.08. The maximum absolute atomic E-state index is 12.6. The molecule has 4 aromatic rings. The molecule has 3 aromatic carbocycles. The molecule has 0 saturated heterocycles. The third kappa shape index (κ3) is 3.58. The van der Waals surface area contributed by atoms with Crippen molar-refractivity contribution in [3.8, 4) is 0 Å². The molecule has 5 nitrogen and oxygen atoms in total. The third-order valence-electron chi connectivity index (χ3n) is 6.82. The van der Waals surface area contributed by atoms with E-state index >= 15 is 0 Å². The topological polar surface area (TPSA) is 57.5 Å². The number of benzene rings is 3. The van der Waals surface area contributed by atoms with Crippen LogP contribution < -0.4 is 0 Å². The number of methoxy groups -OCH3 is 2. The number of carbonyl (C=O) groups excluding carboxylic acids is 2. The van der Waals surface area contributed by atoms with E-state index in [1.54, 1.807) is 0 Å². The van der Waals surface area contributed by atoms with Crippen molar-refractivity contribution in [2.24, 2.45) is 0 Å². The van der Waals surface area contributed by atoms with E-state index in [4.69, 9.17) is 9.47 Å². The number of hydrogen-bond acceptors (Lipinski definition) is 4. The zero-order chi connectivity index (χ0) is 23.1. The molecule has 2 aliphatic carbocycles. The Labute approximate surface area is 192 Å². The van der Waals surface area contributed by atoms with Crippen molar-refractivity contribution in [3.63, 3.8) is 0 Å². The lowest BCUT2D eigenvalue weighted by Gasteiger charge is -2.15. The van der Waals surface area contributed by atoms with E-state index in [0.717, 1.165) is 30.5 Å². The van der Waals surface area contributed by atoms with Crippen LogP contribution >= 0.6 is 0 Å². The summed E-state index contributed by atoms with van der Waals surface area (Å²) in [6, 6.07) is 16.9. The van der Waals surface area contributed by atoms with Crippen LogP contribution in [0.15, 0.2) is 48.5 Å². The largest absolute Gasteiger partial charge is 0.465 e. The number of rotatable bonds is 3. The van der Waals surface area contributed by atoms with Gasteiger partial charge in [0.2, 0.25) is 0 Å². The van der Waals surface area contributed by atoms with Crippen LogP contribution in [-0.2, 0) is 41.7 Å². The molecule has 0 fully saturated rings. The van der Waals surface area contributed by atoms with Gasteiger partial charge in [-0.05, 0) is 91.3 Å². The minimum atomic E-state index is -0.381. The molecule has 2 aliphatic rings. The summed E-state index contributed by atoms with van der Waals surface area (Å²) >= 11 is 0. The number of ether oxygens (including phenoxy) is 2. The monoisotopic (exact) mass is 441 g/mol. The molecule has 5 heteroatoms. The van der Waals surface area contributed by atoms with Gasteiger partial charge in [0.1, 0.15) is 0 Å². The fourth-order valence-electron chi connectivity index (χ4n) is 5.11. The second kappa shape index (κ2) is 8.39. The fraction of sp³-hybridized carbons (Fsp3) is 0.286. The molecule has 1 heterocycles. The summed E-state index contributed by atoms with van der Waals surface area (Å²) in [5.41, 5.74) is 7.52. The Bertz CT molecular complexity index is 1310. The van der Waals surface area contributed by atoms with Gasteiger partial charge >= 0.3 is 11.9 Å². The summed E-state index contributed by atoms with van der Waals surface area (Å²) in [7, 11) is 2.78. The average Bonchev–Trinajstić information content (AvgIpc) is 3.17. The lowest BCUT2D eigenvalue weighted by molar-refractivity contribution is 0.0584. The van der Waals surface area contributed by atoms with Crippen LogP contribution in [0.25, 0.3) is 21.8 Å². The second-order valence-electron chi connectivity index (χ2n) is 8.60. The van der Waals surface area contributed by atoms with Gasteiger partial charge in [0.15, 0.2) is 0 Å². The van der Waals surface area contributed by atoms with Crippen LogP contribution in [0.1, 0.15) is 49.9 Å². The standard InChI is InChI=1S/C28H27NO4/c1-4-29-25-11-7-17-5-9-19-16-22(28(31)33-3)20(15-21(19)27(30)32-2)10-6-18-8-12-26(29)24(14-18)23(25)13-17/h7-8,11-16H,4-6,9-10H2,1-3H3. The van der Waals surface area contributed by atoms with E-state index in [2.05, 4.69) is 47.9 Å². The summed E-state index contributed by atoms with van der Waals surface area (Å²) in [5.74, 6) is -0.761. The fourth-order valence-corrected chi connectivity index (χ4v) is 5.11. The first-order chi connectivity index (χ1) is 16.0. The Balaban J connectivity index is 1.73. The minimum Gasteiger partial charge on any atom is -0.465 e. The first-order valence-corrected chi connectivity index (χ1v) is 11.4. The number of nitrogens with zero attached hydrogens (tertiary/aromatic N) is 1. The highest BCUT2D eigenvalue weighted by Crippen LogP contribution is 2.32. The van der Waals surface area contributed by atoms with Crippen LogP contribution in [-0.4, -0.2) is 30.7 Å². The van der Waals surface area contributed by atoms with E-state index in [1.165, 1.54) is 47.2 Å². The van der Waals surface area contributed by atoms with Gasteiger partial charge in [-0.25, -0.2) is 9.59 Å². The lowest BCUT2D eigenvalue weighted by atomic mass is 9.90. The minimum absolute atomic E-state index is 0.381. The van der Waals surface area contributed by atoms with Crippen molar-refractivity contribution in [2.75, 3.05) is 14.2 Å². The molecule has 0 spiro atoms. The quantitative estimate of drug-likeness (QED) is 0.406. The molecule has 0 aliphatic heterocycles. The third-order valence-corrected chi connectivity index (χ3v) is 6.82. The highest BCUT2D eigenvalue weighted by molar-refractivity contribution is 6.08. The van der Waals surface area contributed by atoms with Crippen molar-refractivity contribution in [2.45, 2.75) is 39.2 Å². The van der Waals surface area contributed by atoms with Crippen LogP contribution in [0, 0.1) is 0 Å². The Morgan fingerprint density at radius 1 is 0.727 bits per heavy atom. The number of hydrogen-bond donors (Lipinski definition) is 0. The number of carbonyl (C=O) groups is 2. The van der Waals surface area contributed by atoms with Gasteiger partial charge in [0, 0.05) is 28.4 Å². The van der Waals surface area contributed by atoms with Crippen LogP contribution in [0.4, 0.5) is 0 Å². The van der Waals surface area contributed by atoms with E-state index < -0.39 is 0 Å². The van der Waals surface area contributed by atoms with Gasteiger partial charge in [0.05, 0.1) is 25.3 Å². The van der Waals surface area contributed by atoms with Gasteiger partial charge in [-0.1, -0.05) is 12.1 Å². The predicted molar refractivity (Wildman–Crippen MR) is 129 cm³/mol. The Hall–Kier alpha value is -3.60. The first-order valence-electron chi connectivity index (χ1n) is 11.4. The van der Waals surface area contributed by atoms with Gasteiger partial charge in [-0.2, -0.15) is 0 Å². The molecule has 6 bridgehead atoms. The Morgan fingerprint density at radius 3 is 1.58 bits per heavy atom. The molecule has 0 atom stereocenters. The molecule has 0 unspecified atom stereocenters. The zero-order valence-corrected chi connectivity index (χ0v) is 19.2. The van der Waals surface area contributed by atoms with Gasteiger partial charge < -0.3 is 14.0 Å². The molecule has 0 amide bonds. The summed E-state index contributed by atoms with van der Waals surface area (Å²) in [5, 5.41) is 2.53. The summed E-state index contributed by atoms with van der Waals surface area (Å²) in [6.07, 6.45) is 2.74. The average molecular weight is 442 g/mol. The van der Waals surface area contributed by atoms with Crippen molar-refractivity contribution >= 4 is 33.7 Å². The van der Waals surface area contributed by atoms with Crippen LogP contribution in [0.5, 0.6) is 0 Å². The molecular formula is C28H27NO4. The van der Waals surface area contributed by atoms with Gasteiger partial charge in [-0.15, -0.1) is 0 Å². The molecule has 0 N–H and O–H groups in total. The normalized spacial score (nSPS) is 13.2. The maximum Gasteiger partial charge on any atom is 0.338 e. The number of esters is 2. The van der Waals surface area contributed by atoms with Crippen molar-refractivity contribution < 1.29 is 19.1 Å². The zero-order valence-electron chi connectivity index (χ0n) is 19.2. The van der Waals surface area contributed by atoms with Crippen molar-refractivity contribution in [3.05, 3.63) is 81.9 Å². The van der Waals surface area contributed by atoms with E-state index in [0.29, 0.717) is 24.0 Å². The lowest BCUT2D eigenvalue weighted by Crippen LogP contribution is -2.13. The van der Waals surface area contributed by atoms with Crippen molar-refractivity contribution in [1.29, 1.82) is 0 Å². The highest BCUT2D eigenvalue weighted by atomic mass is 16.5.